The predicted molar refractivity (Wildman–Crippen MR) is 42.3 cm³/mol. The van der Waals surface area contributed by atoms with E-state index in [1.165, 1.54) is 11.8 Å². The number of esters is 1. The van der Waals surface area contributed by atoms with Gasteiger partial charge in [-0.1, -0.05) is 18.5 Å². The molecule has 1 saturated heterocycles. The molecule has 0 aliphatic carbocycles. The first-order chi connectivity index (χ1) is 4.69. The number of hydrogen-bond donors (Lipinski definition) is 0. The number of carbonyl (C=O) groups excluding carboxylic acids is 1. The molecule has 0 aromatic heterocycles. The maximum Gasteiger partial charge on any atom is 0.337 e. The SMILES string of the molecule is CCSC1(Cl)CCOC1=O. The van der Waals surface area contributed by atoms with E-state index in [9.17, 15) is 4.79 Å². The number of carbonyl (C=O) groups is 1. The third-order valence-corrected chi connectivity index (χ3v) is 3.12. The summed E-state index contributed by atoms with van der Waals surface area (Å²) in [4.78, 5) is 10.9. The van der Waals surface area contributed by atoms with Crippen molar-refractivity contribution >= 4 is 29.3 Å². The number of rotatable bonds is 2. The topological polar surface area (TPSA) is 26.3 Å². The Morgan fingerprint density at radius 3 is 3.00 bits per heavy atom. The van der Waals surface area contributed by atoms with Gasteiger partial charge in [0.15, 0.2) is 4.21 Å². The van der Waals surface area contributed by atoms with Crippen LogP contribution in [0, 0.1) is 0 Å². The highest BCUT2D eigenvalue weighted by atomic mass is 35.5. The van der Waals surface area contributed by atoms with E-state index in [1.54, 1.807) is 0 Å². The summed E-state index contributed by atoms with van der Waals surface area (Å²) in [7, 11) is 0. The number of thioether (sulfide) groups is 1. The monoisotopic (exact) mass is 180 g/mol. The van der Waals surface area contributed by atoms with Crippen molar-refractivity contribution in [3.8, 4) is 0 Å². The molecule has 10 heavy (non-hydrogen) atoms. The molecule has 1 fully saturated rings. The first-order valence-corrected chi connectivity index (χ1v) is 4.55. The van der Waals surface area contributed by atoms with Crippen LogP contribution in [0.15, 0.2) is 0 Å². The van der Waals surface area contributed by atoms with E-state index in [1.807, 2.05) is 6.92 Å². The van der Waals surface area contributed by atoms with Crippen molar-refractivity contribution in [2.24, 2.45) is 0 Å². The summed E-state index contributed by atoms with van der Waals surface area (Å²) in [5, 5.41) is 0. The molecule has 1 aliphatic rings. The molecule has 0 spiro atoms. The summed E-state index contributed by atoms with van der Waals surface area (Å²) in [6.07, 6.45) is 0.631. The highest BCUT2D eigenvalue weighted by Gasteiger charge is 2.42. The minimum absolute atomic E-state index is 0.277. The predicted octanol–water partition coefficient (Wildman–Crippen LogP) is 1.62. The molecule has 0 amide bonds. The molecular formula is C6H9ClO2S. The highest BCUT2D eigenvalue weighted by Crippen LogP contribution is 2.38. The Kier molecular flexibility index (Phi) is 2.47. The van der Waals surface area contributed by atoms with Gasteiger partial charge in [-0.15, -0.1) is 11.8 Å². The van der Waals surface area contributed by atoms with Crippen molar-refractivity contribution in [3.63, 3.8) is 0 Å². The maximum absolute atomic E-state index is 10.9. The van der Waals surface area contributed by atoms with Gasteiger partial charge in [-0.25, -0.2) is 4.79 Å². The molecule has 1 unspecified atom stereocenters. The minimum Gasteiger partial charge on any atom is -0.464 e. The molecule has 1 rings (SSSR count). The van der Waals surface area contributed by atoms with Crippen LogP contribution in [0.2, 0.25) is 0 Å². The third kappa shape index (κ3) is 1.40. The first-order valence-electron chi connectivity index (χ1n) is 3.19. The van der Waals surface area contributed by atoms with E-state index in [-0.39, 0.29) is 5.97 Å². The van der Waals surface area contributed by atoms with E-state index < -0.39 is 4.21 Å². The van der Waals surface area contributed by atoms with Crippen LogP contribution in [-0.2, 0) is 9.53 Å². The Morgan fingerprint density at radius 1 is 1.90 bits per heavy atom. The average Bonchev–Trinajstić information content (AvgIpc) is 2.15. The summed E-state index contributed by atoms with van der Waals surface area (Å²) in [5.74, 6) is 0.569. The van der Waals surface area contributed by atoms with Gasteiger partial charge in [0.25, 0.3) is 0 Å². The van der Waals surface area contributed by atoms with Gasteiger partial charge in [-0.2, -0.15) is 0 Å². The molecule has 2 nitrogen and oxygen atoms in total. The summed E-state index contributed by atoms with van der Waals surface area (Å²) in [6, 6.07) is 0. The number of ether oxygens (including phenoxy) is 1. The zero-order valence-electron chi connectivity index (χ0n) is 5.72. The van der Waals surface area contributed by atoms with E-state index in [0.717, 1.165) is 5.75 Å². The number of halogens is 1. The summed E-state index contributed by atoms with van der Waals surface area (Å²) in [6.45, 7) is 2.44. The Labute approximate surface area is 69.3 Å². The molecule has 1 aliphatic heterocycles. The molecule has 0 N–H and O–H groups in total. The lowest BCUT2D eigenvalue weighted by molar-refractivity contribution is -0.138. The summed E-state index contributed by atoms with van der Waals surface area (Å²) < 4.78 is 3.96. The van der Waals surface area contributed by atoms with Crippen LogP contribution in [0.25, 0.3) is 0 Å². The third-order valence-electron chi connectivity index (χ3n) is 1.33. The fourth-order valence-corrected chi connectivity index (χ4v) is 2.17. The van der Waals surface area contributed by atoms with Crippen LogP contribution in [-0.4, -0.2) is 22.5 Å². The van der Waals surface area contributed by atoms with Crippen LogP contribution in [0.5, 0.6) is 0 Å². The van der Waals surface area contributed by atoms with Crippen molar-refractivity contribution in [2.45, 2.75) is 17.6 Å². The van der Waals surface area contributed by atoms with Gasteiger partial charge >= 0.3 is 5.97 Å². The number of hydrogen-bond acceptors (Lipinski definition) is 3. The lowest BCUT2D eigenvalue weighted by Gasteiger charge is -2.12. The molecule has 0 aromatic rings. The zero-order valence-corrected chi connectivity index (χ0v) is 7.30. The molecule has 0 aromatic carbocycles. The van der Waals surface area contributed by atoms with E-state index in [4.69, 9.17) is 16.3 Å². The van der Waals surface area contributed by atoms with Gasteiger partial charge in [0.2, 0.25) is 0 Å². The lowest BCUT2D eigenvalue weighted by atomic mass is 10.3. The quantitative estimate of drug-likeness (QED) is 0.477. The standard InChI is InChI=1S/C6H9ClO2S/c1-2-10-6(7)3-4-9-5(6)8/h2-4H2,1H3. The Hall–Kier alpha value is 0.110. The molecule has 4 heteroatoms. The van der Waals surface area contributed by atoms with Crippen LogP contribution in [0.3, 0.4) is 0 Å². The van der Waals surface area contributed by atoms with Gasteiger partial charge in [-0.3, -0.25) is 0 Å². The van der Waals surface area contributed by atoms with Crippen molar-refractivity contribution in [1.82, 2.24) is 0 Å². The van der Waals surface area contributed by atoms with Gasteiger partial charge in [-0.05, 0) is 5.75 Å². The Morgan fingerprint density at radius 2 is 2.60 bits per heavy atom. The fraction of sp³-hybridized carbons (Fsp3) is 0.833. The molecule has 1 heterocycles. The van der Waals surface area contributed by atoms with Gasteiger partial charge < -0.3 is 4.74 Å². The second kappa shape index (κ2) is 3.01. The summed E-state index contributed by atoms with van der Waals surface area (Å²) >= 11 is 7.35. The Balaban J connectivity index is 2.57. The van der Waals surface area contributed by atoms with Crippen molar-refractivity contribution in [2.75, 3.05) is 12.4 Å². The van der Waals surface area contributed by atoms with Gasteiger partial charge in [0, 0.05) is 6.42 Å². The fourth-order valence-electron chi connectivity index (χ4n) is 0.845. The second-order valence-electron chi connectivity index (χ2n) is 2.05. The smallest absolute Gasteiger partial charge is 0.337 e. The van der Waals surface area contributed by atoms with Crippen molar-refractivity contribution in [3.05, 3.63) is 0 Å². The first kappa shape index (κ1) is 8.21. The van der Waals surface area contributed by atoms with Crippen LogP contribution < -0.4 is 0 Å². The highest BCUT2D eigenvalue weighted by molar-refractivity contribution is 8.02. The number of alkyl halides is 1. The molecular weight excluding hydrogens is 172 g/mol. The van der Waals surface area contributed by atoms with E-state index in [0.29, 0.717) is 13.0 Å². The van der Waals surface area contributed by atoms with Crippen molar-refractivity contribution < 1.29 is 9.53 Å². The van der Waals surface area contributed by atoms with Gasteiger partial charge in [0.05, 0.1) is 6.61 Å². The zero-order chi connectivity index (χ0) is 7.61. The van der Waals surface area contributed by atoms with Crippen LogP contribution in [0.1, 0.15) is 13.3 Å². The largest absolute Gasteiger partial charge is 0.464 e. The molecule has 58 valence electrons. The van der Waals surface area contributed by atoms with Crippen molar-refractivity contribution in [1.29, 1.82) is 0 Å². The van der Waals surface area contributed by atoms with E-state index in [2.05, 4.69) is 0 Å². The normalized spacial score (nSPS) is 32.4. The Bertz CT molecular complexity index is 151. The molecule has 0 saturated carbocycles. The molecule has 0 radical (unpaired) electrons. The summed E-state index contributed by atoms with van der Waals surface area (Å²) in [5.41, 5.74) is 0. The average molecular weight is 181 g/mol. The lowest BCUT2D eigenvalue weighted by Crippen LogP contribution is -2.22. The second-order valence-corrected chi connectivity index (χ2v) is 4.48. The minimum atomic E-state index is -0.769. The molecule has 0 bridgehead atoms. The van der Waals surface area contributed by atoms with E-state index >= 15 is 0 Å². The number of cyclic esters (lactones) is 1. The molecule has 1 atom stereocenters. The van der Waals surface area contributed by atoms with Crippen LogP contribution in [0.4, 0.5) is 0 Å². The van der Waals surface area contributed by atoms with Crippen LogP contribution >= 0.6 is 23.4 Å². The maximum atomic E-state index is 10.9. The van der Waals surface area contributed by atoms with Gasteiger partial charge in [0.1, 0.15) is 0 Å².